The van der Waals surface area contributed by atoms with E-state index in [2.05, 4.69) is 10.7 Å². The molecule has 3 atom stereocenters. The first-order chi connectivity index (χ1) is 16.2. The number of hydrogen-bond donors (Lipinski definition) is 2. The fraction of sp³-hybridized carbons (Fsp3) is 0.348. The molecular formula is C23H24ClF2N5O3. The van der Waals surface area contributed by atoms with Crippen molar-refractivity contribution >= 4 is 35.1 Å². The Morgan fingerprint density at radius 3 is 2.50 bits per heavy atom. The molecule has 0 bridgehead atoms. The molecule has 0 radical (unpaired) electrons. The Bertz CT molecular complexity index is 1120. The summed E-state index contributed by atoms with van der Waals surface area (Å²) in [5, 5.41) is 4.23. The minimum Gasteiger partial charge on any atom is -0.324 e. The zero-order chi connectivity index (χ0) is 24.6. The van der Waals surface area contributed by atoms with E-state index < -0.39 is 35.7 Å². The quantitative estimate of drug-likeness (QED) is 0.649. The lowest BCUT2D eigenvalue weighted by Gasteiger charge is -2.43. The van der Waals surface area contributed by atoms with Crippen LogP contribution in [0.5, 0.6) is 0 Å². The van der Waals surface area contributed by atoms with E-state index in [9.17, 15) is 23.2 Å². The van der Waals surface area contributed by atoms with E-state index in [1.165, 1.54) is 41.3 Å². The lowest BCUT2D eigenvalue weighted by Crippen LogP contribution is -2.67. The molecule has 2 aromatic carbocycles. The van der Waals surface area contributed by atoms with Crippen LogP contribution in [0, 0.1) is 11.6 Å². The van der Waals surface area contributed by atoms with E-state index in [0.29, 0.717) is 12.1 Å². The molecule has 34 heavy (non-hydrogen) atoms. The summed E-state index contributed by atoms with van der Waals surface area (Å²) in [4.78, 5) is 42.1. The summed E-state index contributed by atoms with van der Waals surface area (Å²) in [5.41, 5.74) is 4.07. The maximum absolute atomic E-state index is 13.4. The molecule has 11 heteroatoms. The normalized spacial score (nSPS) is 22.8. The largest absolute Gasteiger partial charge is 0.327 e. The van der Waals surface area contributed by atoms with Gasteiger partial charge in [-0.1, -0.05) is 30.7 Å². The molecule has 2 aromatic rings. The average Bonchev–Trinajstić information content (AvgIpc) is 3.14. The van der Waals surface area contributed by atoms with Crippen molar-refractivity contribution in [2.45, 2.75) is 38.5 Å². The van der Waals surface area contributed by atoms with Gasteiger partial charge in [0.15, 0.2) is 0 Å². The molecule has 180 valence electrons. The molecule has 4 amide bonds. The zero-order valence-corrected chi connectivity index (χ0v) is 19.4. The molecular weight excluding hydrogens is 468 g/mol. The lowest BCUT2D eigenvalue weighted by molar-refractivity contribution is -0.140. The summed E-state index contributed by atoms with van der Waals surface area (Å²) < 4.78 is 26.8. The van der Waals surface area contributed by atoms with E-state index in [-0.39, 0.29) is 35.7 Å². The van der Waals surface area contributed by atoms with Crippen LogP contribution in [-0.2, 0) is 16.1 Å². The zero-order valence-electron chi connectivity index (χ0n) is 18.6. The van der Waals surface area contributed by atoms with E-state index in [0.717, 1.165) is 11.0 Å². The maximum atomic E-state index is 13.4. The van der Waals surface area contributed by atoms with Gasteiger partial charge >= 0.3 is 6.03 Å². The van der Waals surface area contributed by atoms with Gasteiger partial charge in [0.05, 0.1) is 17.6 Å². The minimum absolute atomic E-state index is 0.0568. The lowest BCUT2D eigenvalue weighted by atomic mass is 9.97. The first kappa shape index (κ1) is 24.1. The third-order valence-electron chi connectivity index (χ3n) is 6.01. The SMILES string of the molecule is CCN1NC(C)C2C1C(=O)N(Cc1ccc(F)cc1)C(=O)N2CC(=O)Nc1ccc(F)c(Cl)c1. The number of amides is 4. The molecule has 2 aliphatic rings. The van der Waals surface area contributed by atoms with Crippen molar-refractivity contribution in [2.24, 2.45) is 0 Å². The number of fused-ring (bicyclic) bond motifs is 1. The number of hydrogen-bond acceptors (Lipinski definition) is 5. The van der Waals surface area contributed by atoms with Crippen molar-refractivity contribution in [3.63, 3.8) is 0 Å². The van der Waals surface area contributed by atoms with Crippen LogP contribution in [0.4, 0.5) is 19.3 Å². The second kappa shape index (κ2) is 9.65. The van der Waals surface area contributed by atoms with Crippen molar-refractivity contribution in [2.75, 3.05) is 18.4 Å². The van der Waals surface area contributed by atoms with Gasteiger partial charge in [-0.05, 0) is 42.8 Å². The second-order valence-electron chi connectivity index (χ2n) is 8.28. The highest BCUT2D eigenvalue weighted by molar-refractivity contribution is 6.31. The van der Waals surface area contributed by atoms with Crippen molar-refractivity contribution in [3.05, 3.63) is 64.7 Å². The van der Waals surface area contributed by atoms with Gasteiger partial charge in [0.2, 0.25) is 5.91 Å². The molecule has 0 aliphatic carbocycles. The van der Waals surface area contributed by atoms with Gasteiger partial charge in [-0.2, -0.15) is 0 Å². The third-order valence-corrected chi connectivity index (χ3v) is 6.30. The first-order valence-corrected chi connectivity index (χ1v) is 11.2. The molecule has 2 aliphatic heterocycles. The Kier molecular flexibility index (Phi) is 6.83. The van der Waals surface area contributed by atoms with E-state index >= 15 is 0 Å². The smallest absolute Gasteiger partial charge is 0.324 e. The number of urea groups is 1. The Morgan fingerprint density at radius 2 is 1.85 bits per heavy atom. The van der Waals surface area contributed by atoms with Crippen LogP contribution in [0.1, 0.15) is 19.4 Å². The molecule has 2 saturated heterocycles. The summed E-state index contributed by atoms with van der Waals surface area (Å²) in [6, 6.07) is 7.13. The van der Waals surface area contributed by atoms with E-state index in [1.807, 2.05) is 13.8 Å². The second-order valence-corrected chi connectivity index (χ2v) is 8.68. The van der Waals surface area contributed by atoms with Gasteiger partial charge < -0.3 is 10.2 Å². The summed E-state index contributed by atoms with van der Waals surface area (Å²) >= 11 is 5.79. The predicted molar refractivity (Wildman–Crippen MR) is 122 cm³/mol. The molecule has 4 rings (SSSR count). The predicted octanol–water partition coefficient (Wildman–Crippen LogP) is 2.99. The Balaban J connectivity index is 1.59. The van der Waals surface area contributed by atoms with Gasteiger partial charge in [0.25, 0.3) is 5.91 Å². The van der Waals surface area contributed by atoms with Crippen LogP contribution in [0.15, 0.2) is 42.5 Å². The summed E-state index contributed by atoms with van der Waals surface area (Å²) in [7, 11) is 0. The minimum atomic E-state index is -0.689. The average molecular weight is 492 g/mol. The van der Waals surface area contributed by atoms with E-state index in [1.54, 1.807) is 5.01 Å². The number of imide groups is 1. The molecule has 0 spiro atoms. The number of anilines is 1. The Labute approximate surface area is 200 Å². The van der Waals surface area contributed by atoms with Gasteiger partial charge in [0, 0.05) is 18.3 Å². The van der Waals surface area contributed by atoms with Crippen LogP contribution in [0.3, 0.4) is 0 Å². The molecule has 0 aromatic heterocycles. The van der Waals surface area contributed by atoms with Crippen LogP contribution in [-0.4, -0.2) is 63.9 Å². The third kappa shape index (κ3) is 4.61. The highest BCUT2D eigenvalue weighted by Gasteiger charge is 2.54. The van der Waals surface area contributed by atoms with Crippen molar-refractivity contribution in [3.8, 4) is 0 Å². The number of hydrazine groups is 1. The monoisotopic (exact) mass is 491 g/mol. The summed E-state index contributed by atoms with van der Waals surface area (Å²) in [5.74, 6) is -1.95. The number of likely N-dealkylation sites (N-methyl/N-ethyl adjacent to an activating group) is 1. The fourth-order valence-electron chi connectivity index (χ4n) is 4.44. The molecule has 2 heterocycles. The topological polar surface area (TPSA) is 85.0 Å². The highest BCUT2D eigenvalue weighted by atomic mass is 35.5. The molecule has 0 saturated carbocycles. The van der Waals surface area contributed by atoms with Crippen molar-refractivity contribution < 1.29 is 23.2 Å². The standard InChI is InChI=1S/C23H24ClF2N5O3/c1-3-31-21-20(13(2)28-31)29(12-19(32)27-16-8-9-18(26)17(24)10-16)23(34)30(22(21)33)11-14-4-6-15(25)7-5-14/h4-10,13,20-21,28H,3,11-12H2,1-2H3,(H,27,32). The first-order valence-electron chi connectivity index (χ1n) is 10.8. The van der Waals surface area contributed by atoms with Crippen LogP contribution < -0.4 is 10.7 Å². The highest BCUT2D eigenvalue weighted by Crippen LogP contribution is 2.30. The molecule has 2 N–H and O–H groups in total. The number of nitrogens with zero attached hydrogens (tertiary/aromatic N) is 3. The fourth-order valence-corrected chi connectivity index (χ4v) is 4.62. The van der Waals surface area contributed by atoms with Gasteiger partial charge in [-0.15, -0.1) is 0 Å². The van der Waals surface area contributed by atoms with Crippen molar-refractivity contribution in [1.29, 1.82) is 0 Å². The molecule has 2 fully saturated rings. The number of rotatable bonds is 6. The number of carbonyl (C=O) groups is 3. The van der Waals surface area contributed by atoms with Crippen molar-refractivity contribution in [1.82, 2.24) is 20.2 Å². The Morgan fingerprint density at radius 1 is 1.15 bits per heavy atom. The molecule has 8 nitrogen and oxygen atoms in total. The summed E-state index contributed by atoms with van der Waals surface area (Å²) in [6.45, 7) is 3.84. The van der Waals surface area contributed by atoms with Gasteiger partial charge in [-0.3, -0.25) is 14.5 Å². The summed E-state index contributed by atoms with van der Waals surface area (Å²) in [6.07, 6.45) is 0. The Hall–Kier alpha value is -3.08. The number of halogens is 3. The van der Waals surface area contributed by atoms with E-state index in [4.69, 9.17) is 11.6 Å². The van der Waals surface area contributed by atoms with Crippen LogP contribution >= 0.6 is 11.6 Å². The van der Waals surface area contributed by atoms with Gasteiger partial charge in [0.1, 0.15) is 24.2 Å². The van der Waals surface area contributed by atoms with Crippen LogP contribution in [0.2, 0.25) is 5.02 Å². The maximum Gasteiger partial charge on any atom is 0.327 e. The number of nitrogens with one attached hydrogen (secondary N) is 2. The number of benzene rings is 2. The molecule has 3 unspecified atom stereocenters. The van der Waals surface area contributed by atoms with Gasteiger partial charge in [-0.25, -0.2) is 24.0 Å². The number of carbonyl (C=O) groups excluding carboxylic acids is 3. The van der Waals surface area contributed by atoms with Crippen LogP contribution in [0.25, 0.3) is 0 Å².